The average molecular weight is 485 g/mol. The summed E-state index contributed by atoms with van der Waals surface area (Å²) < 4.78 is 36.4. The van der Waals surface area contributed by atoms with Crippen molar-refractivity contribution in [2.24, 2.45) is 10.1 Å². The normalized spacial score (nSPS) is 22.1. The fourth-order valence-electron chi connectivity index (χ4n) is 4.38. The van der Waals surface area contributed by atoms with Crippen LogP contribution >= 0.6 is 0 Å². The van der Waals surface area contributed by atoms with E-state index in [4.69, 9.17) is 5.14 Å². The summed E-state index contributed by atoms with van der Waals surface area (Å²) in [5, 5.41) is 5.19. The second kappa shape index (κ2) is 7.64. The fourth-order valence-corrected chi connectivity index (χ4v) is 4.89. The molecule has 0 aromatic heterocycles. The van der Waals surface area contributed by atoms with Crippen LogP contribution in [0.1, 0.15) is 12.5 Å². The van der Waals surface area contributed by atoms with Gasteiger partial charge in [-0.1, -0.05) is 12.1 Å². The molecule has 34 heavy (non-hydrogen) atoms. The minimum Gasteiger partial charge on any atom is -0.302 e. The highest BCUT2D eigenvalue weighted by atomic mass is 32.2. The molecule has 0 saturated carbocycles. The number of primary sulfonamides is 1. The Hall–Kier alpha value is -3.77. The minimum absolute atomic E-state index is 0.0100. The van der Waals surface area contributed by atoms with Crippen molar-refractivity contribution in [3.05, 3.63) is 71.8 Å². The number of aliphatic imine (C=N–C) groups is 1. The first-order valence-corrected chi connectivity index (χ1v) is 11.9. The Labute approximate surface area is 195 Å². The summed E-state index contributed by atoms with van der Waals surface area (Å²) in [6.45, 7) is 1.85. The SMILES string of the molecule is CC1=CN2C(=NC3C2C(=O)N(Cc2ccc(F)cc2)C(=O)N3C)N1c1ccc(S(N)(=O)=O)cc1. The summed E-state index contributed by atoms with van der Waals surface area (Å²) in [6, 6.07) is 10.4. The maximum Gasteiger partial charge on any atom is 0.328 e. The van der Waals surface area contributed by atoms with Gasteiger partial charge in [-0.25, -0.2) is 27.7 Å². The largest absolute Gasteiger partial charge is 0.328 e. The highest BCUT2D eigenvalue weighted by Gasteiger charge is 2.54. The van der Waals surface area contributed by atoms with Gasteiger partial charge in [0.05, 0.1) is 11.4 Å². The average Bonchev–Trinajstić information content (AvgIpc) is 3.30. The third-order valence-corrected chi connectivity index (χ3v) is 6.99. The molecule has 5 rings (SSSR count). The second-order valence-corrected chi connectivity index (χ2v) is 9.85. The van der Waals surface area contributed by atoms with Crippen molar-refractivity contribution in [3.63, 3.8) is 0 Å². The quantitative estimate of drug-likeness (QED) is 0.704. The number of anilines is 1. The Balaban J connectivity index is 1.45. The van der Waals surface area contributed by atoms with E-state index in [0.29, 0.717) is 17.2 Å². The molecule has 2 unspecified atom stereocenters. The Bertz CT molecular complexity index is 1360. The minimum atomic E-state index is -3.84. The molecule has 1 saturated heterocycles. The van der Waals surface area contributed by atoms with Crippen LogP contribution in [0.5, 0.6) is 0 Å². The number of urea groups is 1. The number of allylic oxidation sites excluding steroid dienone is 1. The van der Waals surface area contributed by atoms with Crippen LogP contribution in [0, 0.1) is 5.82 Å². The number of hydrogen-bond donors (Lipinski definition) is 1. The molecule has 3 aliphatic rings. The van der Waals surface area contributed by atoms with Crippen LogP contribution in [-0.2, 0) is 21.4 Å². The predicted octanol–water partition coefficient (Wildman–Crippen LogP) is 1.61. The van der Waals surface area contributed by atoms with Crippen molar-refractivity contribution in [3.8, 4) is 0 Å². The zero-order valence-corrected chi connectivity index (χ0v) is 19.1. The van der Waals surface area contributed by atoms with Gasteiger partial charge in [-0.05, 0) is 48.9 Å². The molecular formula is C22H21FN6O4S. The van der Waals surface area contributed by atoms with Gasteiger partial charge >= 0.3 is 6.03 Å². The number of carbonyl (C=O) groups excluding carboxylic acids is 2. The molecular weight excluding hydrogens is 463 g/mol. The van der Waals surface area contributed by atoms with Gasteiger partial charge in [-0.2, -0.15) is 0 Å². The Morgan fingerprint density at radius 3 is 2.32 bits per heavy atom. The number of nitrogens with two attached hydrogens (primary N) is 1. The van der Waals surface area contributed by atoms with Gasteiger partial charge in [0.2, 0.25) is 16.0 Å². The van der Waals surface area contributed by atoms with Crippen LogP contribution in [0.4, 0.5) is 14.9 Å². The number of hydrogen-bond acceptors (Lipinski definition) is 7. The lowest BCUT2D eigenvalue weighted by Gasteiger charge is -2.40. The number of nitrogens with zero attached hydrogens (tertiary/aromatic N) is 5. The van der Waals surface area contributed by atoms with Gasteiger partial charge in [0.1, 0.15) is 5.82 Å². The first-order chi connectivity index (χ1) is 16.1. The molecule has 3 aliphatic heterocycles. The third-order valence-electron chi connectivity index (χ3n) is 6.07. The smallest absolute Gasteiger partial charge is 0.302 e. The van der Waals surface area contributed by atoms with Crippen LogP contribution < -0.4 is 10.0 Å². The molecule has 0 aliphatic carbocycles. The molecule has 2 aromatic carbocycles. The molecule has 3 amide bonds. The molecule has 2 atom stereocenters. The van der Waals surface area contributed by atoms with Crippen LogP contribution in [0.15, 0.2) is 70.3 Å². The molecule has 0 radical (unpaired) electrons. The number of likely N-dealkylation sites (N-methyl/N-ethyl adjacent to an activating group) is 1. The molecule has 3 heterocycles. The van der Waals surface area contributed by atoms with Crippen LogP contribution in [0.25, 0.3) is 0 Å². The molecule has 12 heteroatoms. The van der Waals surface area contributed by atoms with E-state index in [2.05, 4.69) is 4.99 Å². The second-order valence-electron chi connectivity index (χ2n) is 8.28. The van der Waals surface area contributed by atoms with Gasteiger partial charge in [-0.3, -0.25) is 14.6 Å². The maximum atomic E-state index is 13.4. The predicted molar refractivity (Wildman–Crippen MR) is 121 cm³/mol. The zero-order valence-electron chi connectivity index (χ0n) is 18.3. The van der Waals surface area contributed by atoms with Crippen molar-refractivity contribution in [2.45, 2.75) is 30.6 Å². The van der Waals surface area contributed by atoms with Gasteiger partial charge in [0.25, 0.3) is 5.91 Å². The molecule has 2 aromatic rings. The van der Waals surface area contributed by atoms with Gasteiger partial charge in [-0.15, -0.1) is 0 Å². The number of amides is 3. The zero-order chi connectivity index (χ0) is 24.4. The molecule has 2 N–H and O–H groups in total. The van der Waals surface area contributed by atoms with Crippen molar-refractivity contribution in [1.82, 2.24) is 14.7 Å². The van der Waals surface area contributed by atoms with Gasteiger partial charge in [0.15, 0.2) is 12.2 Å². The molecule has 0 bridgehead atoms. The summed E-state index contributed by atoms with van der Waals surface area (Å²) in [7, 11) is -2.25. The number of rotatable bonds is 4. The Kier molecular flexibility index (Phi) is 4.95. The lowest BCUT2D eigenvalue weighted by molar-refractivity contribution is -0.137. The highest BCUT2D eigenvalue weighted by molar-refractivity contribution is 7.89. The molecule has 10 nitrogen and oxygen atoms in total. The summed E-state index contributed by atoms with van der Waals surface area (Å²) in [6.07, 6.45) is 1.05. The monoisotopic (exact) mass is 484 g/mol. The molecule has 1 fully saturated rings. The van der Waals surface area contributed by atoms with E-state index in [0.717, 1.165) is 10.6 Å². The van der Waals surface area contributed by atoms with Crippen molar-refractivity contribution >= 4 is 33.6 Å². The van der Waals surface area contributed by atoms with Gasteiger partial charge < -0.3 is 9.80 Å². The first kappa shape index (κ1) is 22.0. The summed E-state index contributed by atoms with van der Waals surface area (Å²) in [5.74, 6) is -0.361. The number of carbonyl (C=O) groups is 2. The summed E-state index contributed by atoms with van der Waals surface area (Å²) in [4.78, 5) is 37.1. The van der Waals surface area contributed by atoms with Crippen molar-refractivity contribution in [1.29, 1.82) is 0 Å². The van der Waals surface area contributed by atoms with E-state index < -0.39 is 40.0 Å². The lowest BCUT2D eigenvalue weighted by atomic mass is 10.1. The van der Waals surface area contributed by atoms with E-state index in [9.17, 15) is 22.4 Å². The van der Waals surface area contributed by atoms with E-state index >= 15 is 0 Å². The number of imide groups is 1. The Morgan fingerprint density at radius 2 is 1.71 bits per heavy atom. The standard InChI is InChI=1S/C22H21FN6O4S/c1-13-11-27-18-19(25-21(27)29(13)16-7-9-17(10-8-16)34(24,32)33)26(2)22(31)28(20(18)30)12-14-3-5-15(23)6-4-14/h3-11,18-19H,12H2,1-2H3,(H2,24,32,33). The topological polar surface area (TPSA) is 120 Å². The number of halogens is 1. The number of guanidine groups is 1. The van der Waals surface area contributed by atoms with E-state index in [1.165, 1.54) is 41.3 Å². The van der Waals surface area contributed by atoms with Crippen LogP contribution in [0.2, 0.25) is 0 Å². The number of benzene rings is 2. The maximum absolute atomic E-state index is 13.4. The van der Waals surface area contributed by atoms with E-state index in [1.807, 2.05) is 6.92 Å². The Morgan fingerprint density at radius 1 is 1.06 bits per heavy atom. The lowest BCUT2D eigenvalue weighted by Crippen LogP contribution is -2.63. The summed E-state index contributed by atoms with van der Waals surface area (Å²) >= 11 is 0. The van der Waals surface area contributed by atoms with Crippen LogP contribution in [0.3, 0.4) is 0 Å². The van der Waals surface area contributed by atoms with Crippen molar-refractivity contribution < 1.29 is 22.4 Å². The van der Waals surface area contributed by atoms with E-state index in [-0.39, 0.29) is 11.4 Å². The van der Waals surface area contributed by atoms with Crippen LogP contribution in [-0.4, -0.2) is 60.3 Å². The molecule has 176 valence electrons. The number of sulfonamides is 1. The van der Waals surface area contributed by atoms with E-state index in [1.54, 1.807) is 35.2 Å². The first-order valence-electron chi connectivity index (χ1n) is 10.4. The molecule has 0 spiro atoms. The third kappa shape index (κ3) is 3.42. The fraction of sp³-hybridized carbons (Fsp3) is 0.227. The number of fused-ring (bicyclic) bond motifs is 3. The summed E-state index contributed by atoms with van der Waals surface area (Å²) in [5.41, 5.74) is 2.02. The van der Waals surface area contributed by atoms with Gasteiger partial charge in [0, 0.05) is 24.6 Å². The van der Waals surface area contributed by atoms with Crippen molar-refractivity contribution in [2.75, 3.05) is 11.9 Å². The highest BCUT2D eigenvalue weighted by Crippen LogP contribution is 2.37.